The Hall–Kier alpha value is -2.31. The van der Waals surface area contributed by atoms with E-state index in [-0.39, 0.29) is 23.1 Å². The second-order valence-electron chi connectivity index (χ2n) is 4.80. The number of nitrogens with zero attached hydrogens (tertiary/aromatic N) is 2. The van der Waals surface area contributed by atoms with Crippen LogP contribution >= 0.6 is 0 Å². The van der Waals surface area contributed by atoms with Gasteiger partial charge in [0.2, 0.25) is 5.91 Å². The molecular weight excluding hydrogens is 260 g/mol. The van der Waals surface area contributed by atoms with E-state index in [1.165, 1.54) is 12.3 Å². The number of nitrogens with one attached hydrogen (secondary N) is 1. The minimum atomic E-state index is -1.08. The van der Waals surface area contributed by atoms with Gasteiger partial charge in [0.25, 0.3) is 0 Å². The summed E-state index contributed by atoms with van der Waals surface area (Å²) in [5, 5.41) is 11.7. The third-order valence-electron chi connectivity index (χ3n) is 3.54. The number of carboxylic acids is 1. The first kappa shape index (κ1) is 14.1. The first-order valence-electron chi connectivity index (χ1n) is 6.49. The molecule has 108 valence electrons. The van der Waals surface area contributed by atoms with Crippen LogP contribution in [0.3, 0.4) is 0 Å². The molecule has 1 aromatic rings. The van der Waals surface area contributed by atoms with Crippen molar-refractivity contribution in [3.63, 3.8) is 0 Å². The average Bonchev–Trinajstić information content (AvgIpc) is 2.46. The van der Waals surface area contributed by atoms with Gasteiger partial charge >= 0.3 is 5.97 Å². The van der Waals surface area contributed by atoms with Crippen LogP contribution in [0.25, 0.3) is 0 Å². The molecule has 1 atom stereocenters. The Bertz CT molecular complexity index is 532. The van der Waals surface area contributed by atoms with Crippen molar-refractivity contribution in [1.29, 1.82) is 0 Å². The van der Waals surface area contributed by atoms with Crippen molar-refractivity contribution in [3.05, 3.63) is 17.8 Å². The second-order valence-corrected chi connectivity index (χ2v) is 4.80. The topological polar surface area (TPSA) is 109 Å². The predicted molar refractivity (Wildman–Crippen MR) is 74.6 cm³/mol. The number of hydrogen-bond donors (Lipinski definition) is 3. The number of piperidine rings is 1. The lowest BCUT2D eigenvalue weighted by molar-refractivity contribution is -0.124. The molecular formula is C13H18N4O3. The number of carboxylic acid groups (broad SMARTS) is 1. The molecule has 1 aromatic heterocycles. The van der Waals surface area contributed by atoms with Gasteiger partial charge in [-0.15, -0.1) is 0 Å². The molecule has 7 heteroatoms. The van der Waals surface area contributed by atoms with Gasteiger partial charge in [-0.2, -0.15) is 0 Å². The maximum Gasteiger partial charge on any atom is 0.337 e. The van der Waals surface area contributed by atoms with E-state index in [0.717, 1.165) is 12.8 Å². The number of hydrogen-bond acceptors (Lipinski definition) is 5. The van der Waals surface area contributed by atoms with E-state index in [0.29, 0.717) is 18.9 Å². The molecule has 4 N–H and O–H groups in total. The number of rotatable bonds is 3. The summed E-state index contributed by atoms with van der Waals surface area (Å²) >= 11 is 0. The number of nitrogens with two attached hydrogens (primary N) is 1. The van der Waals surface area contributed by atoms with E-state index in [1.807, 2.05) is 4.90 Å². The summed E-state index contributed by atoms with van der Waals surface area (Å²) in [4.78, 5) is 28.9. The van der Waals surface area contributed by atoms with E-state index in [1.54, 1.807) is 7.05 Å². The highest BCUT2D eigenvalue weighted by atomic mass is 16.4. The lowest BCUT2D eigenvalue weighted by atomic mass is 9.97. The zero-order valence-electron chi connectivity index (χ0n) is 11.3. The summed E-state index contributed by atoms with van der Waals surface area (Å²) in [6.07, 6.45) is 3.09. The van der Waals surface area contributed by atoms with E-state index >= 15 is 0 Å². The van der Waals surface area contributed by atoms with Crippen LogP contribution in [0, 0.1) is 5.92 Å². The number of carbonyl (C=O) groups excluding carboxylic acids is 1. The number of aromatic carboxylic acids is 1. The zero-order valence-corrected chi connectivity index (χ0v) is 11.3. The minimum absolute atomic E-state index is 0.0114. The number of aromatic nitrogens is 1. The third kappa shape index (κ3) is 2.66. The zero-order chi connectivity index (χ0) is 14.7. The number of nitrogen functional groups attached to an aromatic ring is 1. The smallest absolute Gasteiger partial charge is 0.337 e. The summed E-state index contributed by atoms with van der Waals surface area (Å²) in [5.41, 5.74) is 6.07. The quantitative estimate of drug-likeness (QED) is 0.735. The molecule has 1 unspecified atom stereocenters. The maximum absolute atomic E-state index is 11.7. The molecule has 1 amide bonds. The van der Waals surface area contributed by atoms with Crippen molar-refractivity contribution in [2.24, 2.45) is 5.92 Å². The van der Waals surface area contributed by atoms with Crippen molar-refractivity contribution < 1.29 is 14.7 Å². The van der Waals surface area contributed by atoms with Gasteiger partial charge in [0.1, 0.15) is 0 Å². The molecule has 20 heavy (non-hydrogen) atoms. The molecule has 1 aliphatic heterocycles. The molecule has 1 saturated heterocycles. The highest BCUT2D eigenvalue weighted by Gasteiger charge is 2.27. The Morgan fingerprint density at radius 3 is 2.95 bits per heavy atom. The highest BCUT2D eigenvalue weighted by Crippen LogP contribution is 2.28. The Balaban J connectivity index is 2.25. The first-order valence-corrected chi connectivity index (χ1v) is 6.49. The van der Waals surface area contributed by atoms with E-state index in [4.69, 9.17) is 10.8 Å². The van der Waals surface area contributed by atoms with Crippen LogP contribution in [-0.4, -0.2) is 42.1 Å². The fraction of sp³-hybridized carbons (Fsp3) is 0.462. The molecule has 0 spiro atoms. The summed E-state index contributed by atoms with van der Waals surface area (Å²) < 4.78 is 0. The molecule has 0 radical (unpaired) electrons. The van der Waals surface area contributed by atoms with Gasteiger partial charge in [-0.3, -0.25) is 4.79 Å². The normalized spacial score (nSPS) is 18.6. The molecule has 0 bridgehead atoms. The monoisotopic (exact) mass is 278 g/mol. The van der Waals surface area contributed by atoms with Crippen LogP contribution in [0.1, 0.15) is 23.2 Å². The average molecular weight is 278 g/mol. The molecule has 7 nitrogen and oxygen atoms in total. The van der Waals surface area contributed by atoms with Gasteiger partial charge in [0.15, 0.2) is 5.82 Å². The number of pyridine rings is 1. The van der Waals surface area contributed by atoms with Crippen LogP contribution in [0.5, 0.6) is 0 Å². The second kappa shape index (κ2) is 5.77. The summed E-state index contributed by atoms with van der Waals surface area (Å²) in [7, 11) is 1.61. The maximum atomic E-state index is 11.7. The highest BCUT2D eigenvalue weighted by molar-refractivity contribution is 5.96. The summed E-state index contributed by atoms with van der Waals surface area (Å²) in [5.74, 6) is -0.768. The van der Waals surface area contributed by atoms with Crippen LogP contribution in [0.4, 0.5) is 11.5 Å². The minimum Gasteiger partial charge on any atom is -0.478 e. The number of amides is 1. The Labute approximate surface area is 116 Å². The number of carbonyl (C=O) groups is 2. The Kier molecular flexibility index (Phi) is 4.07. The van der Waals surface area contributed by atoms with Crippen LogP contribution in [-0.2, 0) is 4.79 Å². The van der Waals surface area contributed by atoms with Gasteiger partial charge in [-0.05, 0) is 18.9 Å². The fourth-order valence-electron chi connectivity index (χ4n) is 2.49. The van der Waals surface area contributed by atoms with Gasteiger partial charge in [-0.1, -0.05) is 0 Å². The fourth-order valence-corrected chi connectivity index (χ4v) is 2.49. The van der Waals surface area contributed by atoms with Crippen molar-refractivity contribution in [3.8, 4) is 0 Å². The number of anilines is 2. The first-order chi connectivity index (χ1) is 9.54. The van der Waals surface area contributed by atoms with Crippen LogP contribution in [0.15, 0.2) is 12.3 Å². The lowest BCUT2D eigenvalue weighted by Crippen LogP contribution is -2.42. The molecule has 0 aliphatic carbocycles. The van der Waals surface area contributed by atoms with Crippen molar-refractivity contribution in [2.75, 3.05) is 30.8 Å². The molecule has 1 aliphatic rings. The van der Waals surface area contributed by atoms with Gasteiger partial charge < -0.3 is 21.1 Å². The Morgan fingerprint density at radius 1 is 1.55 bits per heavy atom. The van der Waals surface area contributed by atoms with Crippen molar-refractivity contribution in [1.82, 2.24) is 10.3 Å². The molecule has 2 heterocycles. The van der Waals surface area contributed by atoms with Crippen molar-refractivity contribution in [2.45, 2.75) is 12.8 Å². The van der Waals surface area contributed by atoms with E-state index in [2.05, 4.69) is 10.3 Å². The summed E-state index contributed by atoms with van der Waals surface area (Å²) in [6, 6.07) is 1.38. The predicted octanol–water partition coefficient (Wildman–Crippen LogP) is 0.324. The molecule has 0 saturated carbocycles. The van der Waals surface area contributed by atoms with Crippen LogP contribution in [0.2, 0.25) is 0 Å². The van der Waals surface area contributed by atoms with Crippen LogP contribution < -0.4 is 16.0 Å². The summed E-state index contributed by atoms with van der Waals surface area (Å²) in [6.45, 7) is 1.22. The van der Waals surface area contributed by atoms with Gasteiger partial charge in [0.05, 0.1) is 17.2 Å². The molecule has 0 aromatic carbocycles. The van der Waals surface area contributed by atoms with Gasteiger partial charge in [-0.25, -0.2) is 9.78 Å². The SMILES string of the molecule is CNC(=O)C1CCCN(c2nccc(C(=O)O)c2N)C1. The van der Waals surface area contributed by atoms with E-state index in [9.17, 15) is 9.59 Å². The molecule has 1 fully saturated rings. The van der Waals surface area contributed by atoms with Crippen molar-refractivity contribution >= 4 is 23.4 Å². The van der Waals surface area contributed by atoms with Gasteiger partial charge in [0, 0.05) is 26.3 Å². The van der Waals surface area contributed by atoms with E-state index < -0.39 is 5.97 Å². The largest absolute Gasteiger partial charge is 0.478 e. The lowest BCUT2D eigenvalue weighted by Gasteiger charge is -2.33. The Morgan fingerprint density at radius 2 is 2.30 bits per heavy atom. The standard InChI is InChI=1S/C13H18N4O3/c1-15-12(18)8-3-2-6-17(7-8)11-10(14)9(13(19)20)4-5-16-11/h4-5,8H,2-3,6-7,14H2,1H3,(H,15,18)(H,19,20). The third-order valence-corrected chi connectivity index (χ3v) is 3.54. The molecule has 2 rings (SSSR count).